The first-order chi connectivity index (χ1) is 15.9. The highest BCUT2D eigenvalue weighted by Gasteiger charge is 2.22. The topological polar surface area (TPSA) is 80.1 Å². The Bertz CT molecular complexity index is 1310. The van der Waals surface area contributed by atoms with Gasteiger partial charge in [0.25, 0.3) is 5.91 Å². The first-order valence-electron chi connectivity index (χ1n) is 10.9. The second-order valence-corrected chi connectivity index (χ2v) is 8.09. The monoisotopic (exact) mass is 441 g/mol. The minimum Gasteiger partial charge on any atom is -0.332 e. The van der Waals surface area contributed by atoms with E-state index < -0.39 is 0 Å². The average Bonchev–Trinajstić information content (AvgIpc) is 3.24. The Labute approximate surface area is 193 Å². The van der Waals surface area contributed by atoms with Crippen LogP contribution in [-0.2, 0) is 11.3 Å². The number of rotatable bonds is 6. The first kappa shape index (κ1) is 22.2. The molecule has 0 saturated heterocycles. The van der Waals surface area contributed by atoms with E-state index in [-0.39, 0.29) is 18.4 Å². The Morgan fingerprint density at radius 3 is 2.39 bits per heavy atom. The van der Waals surface area contributed by atoms with Crippen LogP contribution in [0.5, 0.6) is 0 Å². The normalized spacial score (nSPS) is 10.9. The van der Waals surface area contributed by atoms with E-state index in [9.17, 15) is 9.59 Å². The van der Waals surface area contributed by atoms with Gasteiger partial charge in [0.05, 0.1) is 29.4 Å². The Balaban J connectivity index is 1.64. The second-order valence-electron chi connectivity index (χ2n) is 8.09. The molecule has 0 fully saturated rings. The van der Waals surface area contributed by atoms with Crippen LogP contribution in [0.25, 0.3) is 22.3 Å². The van der Waals surface area contributed by atoms with Crippen molar-refractivity contribution in [1.29, 1.82) is 0 Å². The maximum absolute atomic E-state index is 13.4. The van der Waals surface area contributed by atoms with Crippen molar-refractivity contribution in [3.05, 3.63) is 77.5 Å². The van der Waals surface area contributed by atoms with E-state index in [2.05, 4.69) is 10.4 Å². The fourth-order valence-electron chi connectivity index (χ4n) is 3.90. The summed E-state index contributed by atoms with van der Waals surface area (Å²) in [6.45, 7) is 6.44. The van der Waals surface area contributed by atoms with Crippen LogP contribution < -0.4 is 5.32 Å². The maximum atomic E-state index is 13.4. The van der Waals surface area contributed by atoms with Crippen molar-refractivity contribution < 1.29 is 9.59 Å². The molecule has 2 heterocycles. The number of benzene rings is 2. The molecule has 0 atom stereocenters. The standard InChI is InChI=1S/C26H27N5O2/c1-5-31-25-21(15-27-31)20(14-22(28-25)19-12-7-6-8-13-19)26(33)30(4)16-23(32)29-24-17(2)10-9-11-18(24)3/h6-15H,5,16H2,1-4H3,(H,29,32). The fraction of sp³-hybridized carbons (Fsp3) is 0.231. The lowest BCUT2D eigenvalue weighted by molar-refractivity contribution is -0.116. The molecular weight excluding hydrogens is 414 g/mol. The molecule has 0 spiro atoms. The highest BCUT2D eigenvalue weighted by atomic mass is 16.2. The van der Waals surface area contributed by atoms with Crippen LogP contribution in [0.2, 0.25) is 0 Å². The molecule has 0 saturated carbocycles. The molecule has 168 valence electrons. The zero-order valence-corrected chi connectivity index (χ0v) is 19.3. The average molecular weight is 442 g/mol. The van der Waals surface area contributed by atoms with Gasteiger partial charge in [-0.05, 0) is 38.0 Å². The van der Waals surface area contributed by atoms with E-state index in [1.54, 1.807) is 24.0 Å². The van der Waals surface area contributed by atoms with Crippen molar-refractivity contribution in [2.45, 2.75) is 27.3 Å². The van der Waals surface area contributed by atoms with Gasteiger partial charge in [-0.3, -0.25) is 9.59 Å². The van der Waals surface area contributed by atoms with E-state index in [0.29, 0.717) is 28.8 Å². The molecule has 0 aliphatic carbocycles. The Morgan fingerprint density at radius 1 is 1.03 bits per heavy atom. The summed E-state index contributed by atoms with van der Waals surface area (Å²) in [4.78, 5) is 32.4. The van der Waals surface area contributed by atoms with E-state index in [4.69, 9.17) is 4.98 Å². The number of pyridine rings is 1. The molecule has 0 aliphatic heterocycles. The second kappa shape index (κ2) is 9.24. The van der Waals surface area contributed by atoms with Crippen molar-refractivity contribution in [1.82, 2.24) is 19.7 Å². The van der Waals surface area contributed by atoms with Gasteiger partial charge in [-0.2, -0.15) is 5.10 Å². The van der Waals surface area contributed by atoms with Gasteiger partial charge < -0.3 is 10.2 Å². The first-order valence-corrected chi connectivity index (χ1v) is 10.9. The molecule has 7 nitrogen and oxygen atoms in total. The molecule has 4 rings (SSSR count). The number of hydrogen-bond acceptors (Lipinski definition) is 4. The van der Waals surface area contributed by atoms with Crippen molar-refractivity contribution in [2.75, 3.05) is 18.9 Å². The Morgan fingerprint density at radius 2 is 1.73 bits per heavy atom. The molecule has 2 aromatic carbocycles. The van der Waals surface area contributed by atoms with Crippen molar-refractivity contribution in [3.63, 3.8) is 0 Å². The van der Waals surface area contributed by atoms with Crippen LogP contribution in [0.4, 0.5) is 5.69 Å². The number of aryl methyl sites for hydroxylation is 3. The molecule has 33 heavy (non-hydrogen) atoms. The highest BCUT2D eigenvalue weighted by molar-refractivity contribution is 6.08. The number of likely N-dealkylation sites (N-methyl/N-ethyl adjacent to an activating group) is 1. The summed E-state index contributed by atoms with van der Waals surface area (Å²) in [5.74, 6) is -0.507. The lowest BCUT2D eigenvalue weighted by atomic mass is 10.1. The Kier molecular flexibility index (Phi) is 6.22. The van der Waals surface area contributed by atoms with Gasteiger partial charge in [-0.15, -0.1) is 0 Å². The number of fused-ring (bicyclic) bond motifs is 1. The van der Waals surface area contributed by atoms with Crippen molar-refractivity contribution >= 4 is 28.5 Å². The van der Waals surface area contributed by atoms with Crippen LogP contribution >= 0.6 is 0 Å². The largest absolute Gasteiger partial charge is 0.332 e. The maximum Gasteiger partial charge on any atom is 0.254 e. The number of nitrogens with zero attached hydrogens (tertiary/aromatic N) is 4. The number of para-hydroxylation sites is 1. The summed E-state index contributed by atoms with van der Waals surface area (Å²) < 4.78 is 1.77. The predicted octanol–water partition coefficient (Wildman–Crippen LogP) is 4.45. The van der Waals surface area contributed by atoms with Gasteiger partial charge >= 0.3 is 0 Å². The summed E-state index contributed by atoms with van der Waals surface area (Å²) >= 11 is 0. The minimum atomic E-state index is -0.258. The molecule has 0 aliphatic rings. The minimum absolute atomic E-state index is 0.0704. The third-order valence-electron chi connectivity index (χ3n) is 5.68. The van der Waals surface area contributed by atoms with Crippen LogP contribution in [0.15, 0.2) is 60.8 Å². The van der Waals surface area contributed by atoms with Crippen LogP contribution in [-0.4, -0.2) is 45.1 Å². The smallest absolute Gasteiger partial charge is 0.254 e. The number of hydrogen-bond donors (Lipinski definition) is 1. The molecule has 0 unspecified atom stereocenters. The number of anilines is 1. The molecule has 1 N–H and O–H groups in total. The third-order valence-corrected chi connectivity index (χ3v) is 5.68. The van der Waals surface area contributed by atoms with E-state index in [0.717, 1.165) is 22.4 Å². The van der Waals surface area contributed by atoms with Crippen molar-refractivity contribution in [2.24, 2.45) is 0 Å². The summed E-state index contributed by atoms with van der Waals surface area (Å²) in [5, 5.41) is 8.00. The van der Waals surface area contributed by atoms with Crippen LogP contribution in [0.3, 0.4) is 0 Å². The number of aromatic nitrogens is 3. The summed E-state index contributed by atoms with van der Waals surface area (Å²) in [6, 6.07) is 17.3. The predicted molar refractivity (Wildman–Crippen MR) is 130 cm³/mol. The van der Waals surface area contributed by atoms with Gasteiger partial charge in [0.1, 0.15) is 0 Å². The molecule has 0 bridgehead atoms. The zero-order chi connectivity index (χ0) is 23.5. The molecule has 4 aromatic rings. The molecule has 2 amide bonds. The molecule has 0 radical (unpaired) electrons. The lowest BCUT2D eigenvalue weighted by Gasteiger charge is -2.19. The van der Waals surface area contributed by atoms with Gasteiger partial charge in [0.15, 0.2) is 5.65 Å². The van der Waals surface area contributed by atoms with Crippen molar-refractivity contribution in [3.8, 4) is 11.3 Å². The third kappa shape index (κ3) is 4.48. The van der Waals surface area contributed by atoms with E-state index >= 15 is 0 Å². The SMILES string of the molecule is CCn1ncc2c(C(=O)N(C)CC(=O)Nc3c(C)cccc3C)cc(-c3ccccc3)nc21. The van der Waals surface area contributed by atoms with Crippen LogP contribution in [0.1, 0.15) is 28.4 Å². The molecule has 2 aromatic heterocycles. The number of carbonyl (C=O) groups excluding carboxylic acids is 2. The van der Waals surface area contributed by atoms with Gasteiger partial charge in [0.2, 0.25) is 5.91 Å². The zero-order valence-electron chi connectivity index (χ0n) is 19.3. The Hall–Kier alpha value is -4.00. The molecule has 7 heteroatoms. The van der Waals surface area contributed by atoms with Gasteiger partial charge in [-0.25, -0.2) is 9.67 Å². The number of nitrogens with one attached hydrogen (secondary N) is 1. The van der Waals surface area contributed by atoms with Crippen LogP contribution in [0, 0.1) is 13.8 Å². The highest BCUT2D eigenvalue weighted by Crippen LogP contribution is 2.26. The lowest BCUT2D eigenvalue weighted by Crippen LogP contribution is -2.35. The van der Waals surface area contributed by atoms with E-state index in [1.807, 2.05) is 69.3 Å². The number of amides is 2. The van der Waals surface area contributed by atoms with Gasteiger partial charge in [-0.1, -0.05) is 48.5 Å². The summed E-state index contributed by atoms with van der Waals surface area (Å²) in [5.41, 5.74) is 5.46. The number of carbonyl (C=O) groups is 2. The van der Waals surface area contributed by atoms with E-state index in [1.165, 1.54) is 4.90 Å². The fourth-order valence-corrected chi connectivity index (χ4v) is 3.90. The summed E-state index contributed by atoms with van der Waals surface area (Å²) in [6.07, 6.45) is 1.67. The molecular formula is C26H27N5O2. The van der Waals surface area contributed by atoms with Gasteiger partial charge in [0, 0.05) is 24.8 Å². The quantitative estimate of drug-likeness (QED) is 0.480. The summed E-state index contributed by atoms with van der Waals surface area (Å²) in [7, 11) is 1.63.